The fourth-order valence-electron chi connectivity index (χ4n) is 2.87. The van der Waals surface area contributed by atoms with Crippen molar-refractivity contribution in [1.29, 1.82) is 0 Å². The Morgan fingerprint density at radius 2 is 1.59 bits per heavy atom. The third kappa shape index (κ3) is 3.12. The summed E-state index contributed by atoms with van der Waals surface area (Å²) in [6.07, 6.45) is -10.2. The van der Waals surface area contributed by atoms with Crippen LogP contribution in [0.25, 0.3) is 0 Å². The first-order chi connectivity index (χ1) is 13.4. The zero-order valence-corrected chi connectivity index (χ0v) is 14.0. The minimum absolute atomic E-state index is 0.264. The molecule has 0 saturated heterocycles. The van der Waals surface area contributed by atoms with Crippen LogP contribution >= 0.6 is 0 Å². The number of rotatable bonds is 4. The number of anilines is 1. The molecule has 0 aromatic heterocycles. The molecule has 1 N–H and O–H groups in total. The van der Waals surface area contributed by atoms with E-state index in [-0.39, 0.29) is 11.3 Å². The lowest BCUT2D eigenvalue weighted by Gasteiger charge is -2.24. The maximum atomic E-state index is 14.2. The van der Waals surface area contributed by atoms with Crippen molar-refractivity contribution in [2.75, 3.05) is 4.90 Å². The lowest BCUT2D eigenvalue weighted by atomic mass is 9.96. The number of carbonyl (C=O) groups is 3. The highest BCUT2D eigenvalue weighted by Gasteiger charge is 2.64. The molecule has 152 valence electrons. The van der Waals surface area contributed by atoms with Gasteiger partial charge < -0.3 is 5.11 Å². The molecule has 0 saturated carbocycles. The lowest BCUT2D eigenvalue weighted by Crippen LogP contribution is -2.41. The van der Waals surface area contributed by atoms with Crippen LogP contribution in [0, 0.1) is 0 Å². The van der Waals surface area contributed by atoms with Crippen LogP contribution < -0.4 is 4.90 Å². The predicted octanol–water partition coefficient (Wildman–Crippen LogP) is 4.39. The van der Waals surface area contributed by atoms with E-state index in [1.165, 1.54) is 6.07 Å². The first-order valence-corrected chi connectivity index (χ1v) is 7.81. The average Bonchev–Trinajstić information content (AvgIpc) is 2.91. The molecular weight excluding hydrogens is 408 g/mol. The molecule has 0 aliphatic carbocycles. The predicted molar refractivity (Wildman–Crippen MR) is 85.8 cm³/mol. The molecule has 0 fully saturated rings. The third-order valence-corrected chi connectivity index (χ3v) is 4.27. The van der Waals surface area contributed by atoms with Crippen LogP contribution in [0.4, 0.5) is 32.0 Å². The zero-order chi connectivity index (χ0) is 21.7. The highest BCUT2D eigenvalue weighted by Crippen LogP contribution is 2.48. The number of amides is 2. The zero-order valence-electron chi connectivity index (χ0n) is 14.0. The Hall–Kier alpha value is -3.37. The normalized spacial score (nSPS) is 15.4. The largest absolute Gasteiger partial charge is 0.478 e. The fraction of sp³-hybridized carbons (Fsp3) is 0.167. The minimum Gasteiger partial charge on any atom is -0.478 e. The van der Waals surface area contributed by atoms with Gasteiger partial charge in [0.1, 0.15) is 0 Å². The van der Waals surface area contributed by atoms with E-state index in [2.05, 4.69) is 0 Å². The average molecular weight is 417 g/mol. The third-order valence-electron chi connectivity index (χ3n) is 4.27. The number of imide groups is 1. The van der Waals surface area contributed by atoms with Crippen LogP contribution in [-0.4, -0.2) is 35.0 Å². The number of carboxylic acid groups (broad SMARTS) is 1. The standard InChI is InChI=1S/C18H9F6NO4/c19-13(17(20,21)18(22,23)24)10-5-2-6-11-12(10)15(27)25(14(11)26)9-4-1-3-8(7-9)16(28)29/h1-7,13H,(H,28,29). The second kappa shape index (κ2) is 6.61. The summed E-state index contributed by atoms with van der Waals surface area (Å²) in [5, 5.41) is 9.01. The molecule has 1 unspecified atom stereocenters. The Balaban J connectivity index is 2.11. The Bertz CT molecular complexity index is 1030. The van der Waals surface area contributed by atoms with Crippen LogP contribution in [0.15, 0.2) is 42.5 Å². The molecule has 5 nitrogen and oxygen atoms in total. The Kier molecular flexibility index (Phi) is 4.64. The molecule has 0 radical (unpaired) electrons. The van der Waals surface area contributed by atoms with Crippen LogP contribution in [0.2, 0.25) is 0 Å². The van der Waals surface area contributed by atoms with Crippen LogP contribution in [-0.2, 0) is 0 Å². The molecule has 0 bridgehead atoms. The van der Waals surface area contributed by atoms with E-state index < -0.39 is 52.7 Å². The van der Waals surface area contributed by atoms with Gasteiger partial charge in [0.05, 0.1) is 22.4 Å². The molecule has 1 aliphatic rings. The highest BCUT2D eigenvalue weighted by atomic mass is 19.4. The van der Waals surface area contributed by atoms with Crippen molar-refractivity contribution >= 4 is 23.5 Å². The summed E-state index contributed by atoms with van der Waals surface area (Å²) >= 11 is 0. The van der Waals surface area contributed by atoms with E-state index in [0.29, 0.717) is 11.0 Å². The molecule has 1 aliphatic heterocycles. The number of alkyl halides is 6. The number of hydrogen-bond donors (Lipinski definition) is 1. The Labute approximate surface area is 158 Å². The van der Waals surface area contributed by atoms with Gasteiger partial charge >= 0.3 is 18.1 Å². The molecule has 29 heavy (non-hydrogen) atoms. The van der Waals surface area contributed by atoms with Gasteiger partial charge in [-0.05, 0) is 24.3 Å². The molecule has 11 heteroatoms. The molecular formula is C18H9F6NO4. The van der Waals surface area contributed by atoms with E-state index in [1.54, 1.807) is 0 Å². The van der Waals surface area contributed by atoms with Gasteiger partial charge in [0, 0.05) is 5.56 Å². The number of nitrogens with zero attached hydrogens (tertiary/aromatic N) is 1. The topological polar surface area (TPSA) is 74.7 Å². The summed E-state index contributed by atoms with van der Waals surface area (Å²) in [6.45, 7) is 0. The lowest BCUT2D eigenvalue weighted by molar-refractivity contribution is -0.305. The van der Waals surface area contributed by atoms with E-state index in [1.807, 2.05) is 0 Å². The number of benzene rings is 2. The molecule has 1 heterocycles. The number of carbonyl (C=O) groups excluding carboxylic acids is 2. The number of hydrogen-bond acceptors (Lipinski definition) is 3. The smallest absolute Gasteiger partial charge is 0.456 e. The van der Waals surface area contributed by atoms with E-state index in [0.717, 1.165) is 30.3 Å². The van der Waals surface area contributed by atoms with Gasteiger partial charge in [-0.25, -0.2) is 14.1 Å². The second-order valence-corrected chi connectivity index (χ2v) is 6.05. The first kappa shape index (κ1) is 20.4. The summed E-state index contributed by atoms with van der Waals surface area (Å²) in [7, 11) is 0. The Morgan fingerprint density at radius 3 is 2.17 bits per heavy atom. The summed E-state index contributed by atoms with van der Waals surface area (Å²) in [5.74, 6) is -9.65. The van der Waals surface area contributed by atoms with Gasteiger partial charge in [0.25, 0.3) is 11.8 Å². The molecule has 1 atom stereocenters. The van der Waals surface area contributed by atoms with Gasteiger partial charge in [-0.1, -0.05) is 18.2 Å². The van der Waals surface area contributed by atoms with Crippen molar-refractivity contribution in [1.82, 2.24) is 0 Å². The summed E-state index contributed by atoms with van der Waals surface area (Å²) in [6, 6.07) is 6.83. The summed E-state index contributed by atoms with van der Waals surface area (Å²) in [5.41, 5.74) is -3.38. The number of halogens is 6. The minimum atomic E-state index is -6.23. The van der Waals surface area contributed by atoms with E-state index in [9.17, 15) is 40.7 Å². The SMILES string of the molecule is O=C(O)c1cccc(N2C(=O)c3cccc(C(F)C(F)(F)C(F)(F)F)c3C2=O)c1. The maximum Gasteiger partial charge on any atom is 0.456 e. The van der Waals surface area contributed by atoms with E-state index in [4.69, 9.17) is 5.11 Å². The molecule has 0 spiro atoms. The number of aromatic carboxylic acids is 1. The van der Waals surface area contributed by atoms with Gasteiger partial charge in [-0.2, -0.15) is 22.0 Å². The molecule has 2 amide bonds. The molecule has 2 aromatic carbocycles. The quantitative estimate of drug-likeness (QED) is 0.592. The van der Waals surface area contributed by atoms with Crippen molar-refractivity contribution in [3.8, 4) is 0 Å². The van der Waals surface area contributed by atoms with Crippen molar-refractivity contribution in [3.05, 3.63) is 64.7 Å². The summed E-state index contributed by atoms with van der Waals surface area (Å²) in [4.78, 5) is 36.6. The maximum absolute atomic E-state index is 14.2. The van der Waals surface area contributed by atoms with Crippen molar-refractivity contribution < 1.29 is 45.8 Å². The number of carboxylic acids is 1. The van der Waals surface area contributed by atoms with Crippen molar-refractivity contribution in [3.63, 3.8) is 0 Å². The first-order valence-electron chi connectivity index (χ1n) is 7.81. The second-order valence-electron chi connectivity index (χ2n) is 6.05. The van der Waals surface area contributed by atoms with Crippen molar-refractivity contribution in [2.45, 2.75) is 18.3 Å². The monoisotopic (exact) mass is 417 g/mol. The molecule has 2 aromatic rings. The van der Waals surface area contributed by atoms with Crippen LogP contribution in [0.1, 0.15) is 42.8 Å². The van der Waals surface area contributed by atoms with Gasteiger partial charge in [0.15, 0.2) is 6.17 Å². The van der Waals surface area contributed by atoms with Crippen molar-refractivity contribution in [2.24, 2.45) is 0 Å². The summed E-state index contributed by atoms with van der Waals surface area (Å²) < 4.78 is 78.9. The van der Waals surface area contributed by atoms with Gasteiger partial charge in [-0.3, -0.25) is 9.59 Å². The fourth-order valence-corrected chi connectivity index (χ4v) is 2.87. The number of fused-ring (bicyclic) bond motifs is 1. The van der Waals surface area contributed by atoms with Gasteiger partial charge in [0.2, 0.25) is 0 Å². The van der Waals surface area contributed by atoms with Crippen LogP contribution in [0.3, 0.4) is 0 Å². The van der Waals surface area contributed by atoms with Crippen LogP contribution in [0.5, 0.6) is 0 Å². The Morgan fingerprint density at radius 1 is 0.966 bits per heavy atom. The highest BCUT2D eigenvalue weighted by molar-refractivity contribution is 6.35. The molecule has 3 rings (SSSR count). The van der Waals surface area contributed by atoms with Gasteiger partial charge in [-0.15, -0.1) is 0 Å². The van der Waals surface area contributed by atoms with E-state index >= 15 is 0 Å².